The van der Waals surface area contributed by atoms with E-state index >= 15 is 0 Å². The van der Waals surface area contributed by atoms with E-state index in [0.29, 0.717) is 5.92 Å². The zero-order valence-electron chi connectivity index (χ0n) is 14.7. The minimum absolute atomic E-state index is 0.690. The Morgan fingerprint density at radius 2 is 2.18 bits per heavy atom. The molecule has 0 aliphatic carbocycles. The third-order valence-corrected chi connectivity index (χ3v) is 4.22. The summed E-state index contributed by atoms with van der Waals surface area (Å²) in [6.45, 7) is 15.2. The molecule has 1 aromatic rings. The Kier molecular flexibility index (Phi) is 6.71. The number of hydrogen-bond donors (Lipinski definition) is 1. The molecule has 1 N–H and O–H groups in total. The van der Waals surface area contributed by atoms with Crippen LogP contribution in [-0.2, 0) is 6.54 Å². The molecule has 124 valence electrons. The fourth-order valence-electron chi connectivity index (χ4n) is 3.28. The SMILES string of the molecule is CCOc1cc(C)ccc1CN(CC(C)C)C[C@H]1CCNC1. The Balaban J connectivity index is 2.07. The highest BCUT2D eigenvalue weighted by molar-refractivity contribution is 5.37. The molecule has 22 heavy (non-hydrogen) atoms. The van der Waals surface area contributed by atoms with Gasteiger partial charge in [-0.25, -0.2) is 0 Å². The first-order valence-corrected chi connectivity index (χ1v) is 8.73. The molecule has 0 spiro atoms. The van der Waals surface area contributed by atoms with Gasteiger partial charge in [-0.05, 0) is 56.8 Å². The van der Waals surface area contributed by atoms with Crippen LogP contribution in [0, 0.1) is 18.8 Å². The van der Waals surface area contributed by atoms with Crippen LogP contribution in [-0.4, -0.2) is 37.7 Å². The van der Waals surface area contributed by atoms with Crippen molar-refractivity contribution in [1.82, 2.24) is 10.2 Å². The van der Waals surface area contributed by atoms with Crippen molar-refractivity contribution in [3.05, 3.63) is 29.3 Å². The maximum absolute atomic E-state index is 5.85. The lowest BCUT2D eigenvalue weighted by molar-refractivity contribution is 0.202. The van der Waals surface area contributed by atoms with Crippen molar-refractivity contribution in [2.45, 2.75) is 40.7 Å². The number of nitrogens with zero attached hydrogens (tertiary/aromatic N) is 1. The summed E-state index contributed by atoms with van der Waals surface area (Å²) in [7, 11) is 0. The zero-order chi connectivity index (χ0) is 15.9. The second kappa shape index (κ2) is 8.54. The van der Waals surface area contributed by atoms with E-state index in [2.05, 4.69) is 56.1 Å². The summed E-state index contributed by atoms with van der Waals surface area (Å²) in [6, 6.07) is 6.60. The molecule has 1 saturated heterocycles. The topological polar surface area (TPSA) is 24.5 Å². The Morgan fingerprint density at radius 3 is 2.82 bits per heavy atom. The lowest BCUT2D eigenvalue weighted by Gasteiger charge is -2.28. The highest BCUT2D eigenvalue weighted by atomic mass is 16.5. The van der Waals surface area contributed by atoms with Crippen molar-refractivity contribution in [2.75, 3.05) is 32.8 Å². The maximum atomic E-state index is 5.85. The van der Waals surface area contributed by atoms with E-state index in [9.17, 15) is 0 Å². The predicted molar refractivity (Wildman–Crippen MR) is 93.4 cm³/mol. The van der Waals surface area contributed by atoms with Gasteiger partial charge in [0.25, 0.3) is 0 Å². The van der Waals surface area contributed by atoms with Crippen LogP contribution in [0.3, 0.4) is 0 Å². The van der Waals surface area contributed by atoms with Crippen LogP contribution in [0.1, 0.15) is 38.3 Å². The number of nitrogens with one attached hydrogen (secondary N) is 1. The highest BCUT2D eigenvalue weighted by Gasteiger charge is 2.20. The van der Waals surface area contributed by atoms with Crippen LogP contribution in [0.5, 0.6) is 5.75 Å². The molecule has 1 atom stereocenters. The van der Waals surface area contributed by atoms with Crippen molar-refractivity contribution >= 4 is 0 Å². The zero-order valence-corrected chi connectivity index (χ0v) is 14.7. The molecule has 0 unspecified atom stereocenters. The molecule has 1 heterocycles. The molecule has 3 nitrogen and oxygen atoms in total. The fraction of sp³-hybridized carbons (Fsp3) is 0.684. The van der Waals surface area contributed by atoms with Gasteiger partial charge in [-0.1, -0.05) is 26.0 Å². The smallest absolute Gasteiger partial charge is 0.124 e. The van der Waals surface area contributed by atoms with Gasteiger partial charge in [0.05, 0.1) is 6.61 Å². The van der Waals surface area contributed by atoms with Crippen LogP contribution in [0.4, 0.5) is 0 Å². The van der Waals surface area contributed by atoms with Crippen molar-refractivity contribution in [3.8, 4) is 5.75 Å². The molecule has 1 aromatic carbocycles. The van der Waals surface area contributed by atoms with E-state index in [-0.39, 0.29) is 0 Å². The third-order valence-electron chi connectivity index (χ3n) is 4.22. The van der Waals surface area contributed by atoms with Gasteiger partial charge in [0, 0.05) is 25.2 Å². The molecule has 0 radical (unpaired) electrons. The van der Waals surface area contributed by atoms with Gasteiger partial charge in [-0.15, -0.1) is 0 Å². The summed E-state index contributed by atoms with van der Waals surface area (Å²) in [5.41, 5.74) is 2.58. The van der Waals surface area contributed by atoms with Gasteiger partial charge in [0.1, 0.15) is 5.75 Å². The van der Waals surface area contributed by atoms with E-state index in [1.807, 2.05) is 0 Å². The summed E-state index contributed by atoms with van der Waals surface area (Å²) in [5, 5.41) is 3.48. The number of hydrogen-bond acceptors (Lipinski definition) is 3. The summed E-state index contributed by atoms with van der Waals surface area (Å²) in [4.78, 5) is 2.61. The molecule has 0 amide bonds. The summed E-state index contributed by atoms with van der Waals surface area (Å²) >= 11 is 0. The average molecular weight is 304 g/mol. The standard InChI is InChI=1S/C19H32N2O/c1-5-22-19-10-16(4)6-7-18(19)14-21(12-15(2)3)13-17-8-9-20-11-17/h6-7,10,15,17,20H,5,8-9,11-14H2,1-4H3/t17-/m0/s1. The molecular formula is C19H32N2O. The van der Waals surface area contributed by atoms with Crippen LogP contribution in [0.15, 0.2) is 18.2 Å². The van der Waals surface area contributed by atoms with Crippen molar-refractivity contribution in [1.29, 1.82) is 0 Å². The molecule has 1 aliphatic rings. The Bertz CT molecular complexity index is 453. The highest BCUT2D eigenvalue weighted by Crippen LogP contribution is 2.23. The lowest BCUT2D eigenvalue weighted by Crippen LogP contribution is -2.33. The van der Waals surface area contributed by atoms with E-state index in [0.717, 1.165) is 31.4 Å². The molecule has 1 aliphatic heterocycles. The largest absolute Gasteiger partial charge is 0.494 e. The second-order valence-corrected chi connectivity index (χ2v) is 6.99. The monoisotopic (exact) mass is 304 g/mol. The van der Waals surface area contributed by atoms with Gasteiger partial charge in [0.2, 0.25) is 0 Å². The molecule has 3 heteroatoms. The second-order valence-electron chi connectivity index (χ2n) is 6.99. The van der Waals surface area contributed by atoms with E-state index in [1.165, 1.54) is 37.2 Å². The van der Waals surface area contributed by atoms with Crippen LogP contribution < -0.4 is 10.1 Å². The van der Waals surface area contributed by atoms with Crippen molar-refractivity contribution in [3.63, 3.8) is 0 Å². The molecule has 0 saturated carbocycles. The first-order chi connectivity index (χ1) is 10.6. The van der Waals surface area contributed by atoms with Gasteiger partial charge >= 0.3 is 0 Å². The lowest BCUT2D eigenvalue weighted by atomic mass is 10.1. The van der Waals surface area contributed by atoms with E-state index in [1.54, 1.807) is 0 Å². The summed E-state index contributed by atoms with van der Waals surface area (Å²) in [5.74, 6) is 2.54. The molecule has 0 bridgehead atoms. The Morgan fingerprint density at radius 1 is 1.36 bits per heavy atom. The van der Waals surface area contributed by atoms with Crippen molar-refractivity contribution < 1.29 is 4.74 Å². The molecular weight excluding hydrogens is 272 g/mol. The van der Waals surface area contributed by atoms with Gasteiger partial charge in [-0.3, -0.25) is 4.90 Å². The first-order valence-electron chi connectivity index (χ1n) is 8.73. The Hall–Kier alpha value is -1.06. The Labute approximate surface area is 136 Å². The third kappa shape index (κ3) is 5.29. The maximum Gasteiger partial charge on any atom is 0.124 e. The van der Waals surface area contributed by atoms with Gasteiger partial charge < -0.3 is 10.1 Å². The number of aryl methyl sites for hydroxylation is 1. The van der Waals surface area contributed by atoms with E-state index in [4.69, 9.17) is 4.74 Å². The van der Waals surface area contributed by atoms with Crippen LogP contribution in [0.2, 0.25) is 0 Å². The summed E-state index contributed by atoms with van der Waals surface area (Å²) < 4.78 is 5.85. The minimum atomic E-state index is 0.690. The van der Waals surface area contributed by atoms with Crippen LogP contribution in [0.25, 0.3) is 0 Å². The number of benzene rings is 1. The number of ether oxygens (including phenoxy) is 1. The quantitative estimate of drug-likeness (QED) is 0.796. The molecule has 1 fully saturated rings. The predicted octanol–water partition coefficient (Wildman–Crippen LogP) is 3.46. The molecule has 0 aromatic heterocycles. The van der Waals surface area contributed by atoms with Crippen molar-refractivity contribution in [2.24, 2.45) is 11.8 Å². The minimum Gasteiger partial charge on any atom is -0.494 e. The van der Waals surface area contributed by atoms with Gasteiger partial charge in [-0.2, -0.15) is 0 Å². The normalized spacial score (nSPS) is 18.4. The van der Waals surface area contributed by atoms with Crippen LogP contribution >= 0.6 is 0 Å². The summed E-state index contributed by atoms with van der Waals surface area (Å²) in [6.07, 6.45) is 1.31. The van der Waals surface area contributed by atoms with E-state index < -0.39 is 0 Å². The fourth-order valence-corrected chi connectivity index (χ4v) is 3.28. The first kappa shape index (κ1) is 17.3. The number of rotatable bonds is 8. The average Bonchev–Trinajstić information content (AvgIpc) is 2.94. The molecule has 2 rings (SSSR count). The van der Waals surface area contributed by atoms with Gasteiger partial charge in [0.15, 0.2) is 0 Å².